The van der Waals surface area contributed by atoms with Crippen LogP contribution < -0.4 is 10.1 Å². The minimum Gasteiger partial charge on any atom is -0.478 e. The Morgan fingerprint density at radius 2 is 1.30 bits per heavy atom. The quantitative estimate of drug-likeness (QED) is 0.420. The molecule has 0 spiro atoms. The van der Waals surface area contributed by atoms with Crippen LogP contribution in [-0.2, 0) is 12.4 Å². The maximum absolute atomic E-state index is 13.1. The van der Waals surface area contributed by atoms with Gasteiger partial charge in [-0.05, 0) is 66.7 Å². The van der Waals surface area contributed by atoms with Gasteiger partial charge in [0, 0.05) is 5.69 Å². The van der Waals surface area contributed by atoms with Crippen LogP contribution in [0.25, 0.3) is 0 Å². The van der Waals surface area contributed by atoms with Gasteiger partial charge in [-0.2, -0.15) is 26.3 Å². The minimum atomic E-state index is -4.76. The number of benzene rings is 3. The molecule has 3 aromatic rings. The van der Waals surface area contributed by atoms with Gasteiger partial charge in [0.05, 0.1) is 22.3 Å². The third kappa shape index (κ3) is 5.82. The summed E-state index contributed by atoms with van der Waals surface area (Å²) in [5, 5.41) is 11.3. The standard InChI is InChI=1S/C22H13F6NO4/c23-21(24,25)13-3-8-16(9-4-13)33-18-11-14(22(26,27)28)5-10-17(18)19(30)29-15-6-1-12(2-7-15)20(31)32/h1-11H,(H,29,30)(H,31,32). The van der Waals surface area contributed by atoms with E-state index in [1.165, 1.54) is 24.3 Å². The predicted molar refractivity (Wildman–Crippen MR) is 104 cm³/mol. The van der Waals surface area contributed by atoms with Crippen molar-refractivity contribution in [3.05, 3.63) is 89.0 Å². The number of amides is 1. The number of alkyl halides is 6. The fraction of sp³-hybridized carbons (Fsp3) is 0.0909. The second-order valence-electron chi connectivity index (χ2n) is 6.67. The first-order valence-corrected chi connectivity index (χ1v) is 9.05. The zero-order valence-electron chi connectivity index (χ0n) is 16.3. The number of carbonyl (C=O) groups excluding carboxylic acids is 1. The summed E-state index contributed by atoms with van der Waals surface area (Å²) in [7, 11) is 0. The van der Waals surface area contributed by atoms with Crippen LogP contribution in [-0.4, -0.2) is 17.0 Å². The number of ether oxygens (including phenoxy) is 1. The molecule has 0 heterocycles. The third-order valence-electron chi connectivity index (χ3n) is 4.35. The van der Waals surface area contributed by atoms with Crippen LogP contribution in [0.5, 0.6) is 11.5 Å². The lowest BCUT2D eigenvalue weighted by atomic mass is 10.1. The van der Waals surface area contributed by atoms with Gasteiger partial charge in [-0.25, -0.2) is 4.79 Å². The largest absolute Gasteiger partial charge is 0.478 e. The van der Waals surface area contributed by atoms with E-state index in [1.807, 2.05) is 0 Å². The Hall–Kier alpha value is -4.02. The smallest absolute Gasteiger partial charge is 0.416 e. The van der Waals surface area contributed by atoms with Gasteiger partial charge in [-0.1, -0.05) is 0 Å². The number of carbonyl (C=O) groups is 2. The van der Waals surface area contributed by atoms with Crippen LogP contribution in [0, 0.1) is 0 Å². The number of nitrogens with one attached hydrogen (secondary N) is 1. The number of carboxylic acid groups (broad SMARTS) is 1. The summed E-state index contributed by atoms with van der Waals surface area (Å²) in [4.78, 5) is 23.6. The van der Waals surface area contributed by atoms with E-state index in [0.29, 0.717) is 24.3 Å². The molecule has 1 amide bonds. The molecule has 0 fully saturated rings. The molecule has 0 radical (unpaired) electrons. The number of hydrogen-bond donors (Lipinski definition) is 2. The van der Waals surface area contributed by atoms with Crippen LogP contribution in [0.4, 0.5) is 32.0 Å². The average molecular weight is 469 g/mol. The maximum Gasteiger partial charge on any atom is 0.416 e. The summed E-state index contributed by atoms with van der Waals surface area (Å²) < 4.78 is 82.9. The number of aromatic carboxylic acids is 1. The summed E-state index contributed by atoms with van der Waals surface area (Å²) in [6.45, 7) is 0. The van der Waals surface area contributed by atoms with Crippen molar-refractivity contribution in [2.24, 2.45) is 0 Å². The minimum absolute atomic E-state index is 0.0474. The molecule has 0 saturated carbocycles. The lowest BCUT2D eigenvalue weighted by molar-refractivity contribution is -0.138. The molecule has 2 N–H and O–H groups in total. The zero-order chi connectivity index (χ0) is 24.4. The van der Waals surface area contributed by atoms with Crippen molar-refractivity contribution in [1.82, 2.24) is 0 Å². The summed E-state index contributed by atoms with van der Waals surface area (Å²) in [6.07, 6.45) is -9.38. The Morgan fingerprint density at radius 1 is 0.758 bits per heavy atom. The highest BCUT2D eigenvalue weighted by atomic mass is 19.4. The molecular formula is C22H13F6NO4. The molecule has 0 bridgehead atoms. The fourth-order valence-electron chi connectivity index (χ4n) is 2.70. The number of rotatable bonds is 5. The Kier molecular flexibility index (Phi) is 6.34. The van der Waals surface area contributed by atoms with Crippen molar-refractivity contribution in [3.63, 3.8) is 0 Å². The molecular weight excluding hydrogens is 456 g/mol. The highest BCUT2D eigenvalue weighted by Crippen LogP contribution is 2.36. The van der Waals surface area contributed by atoms with E-state index < -0.39 is 41.1 Å². The molecule has 0 unspecified atom stereocenters. The highest BCUT2D eigenvalue weighted by Gasteiger charge is 2.32. The van der Waals surface area contributed by atoms with Gasteiger partial charge in [-0.3, -0.25) is 4.79 Å². The Bertz CT molecular complexity index is 1170. The van der Waals surface area contributed by atoms with Gasteiger partial charge in [-0.15, -0.1) is 0 Å². The second-order valence-corrected chi connectivity index (χ2v) is 6.67. The first-order valence-electron chi connectivity index (χ1n) is 9.05. The van der Waals surface area contributed by atoms with Gasteiger partial charge in [0.1, 0.15) is 11.5 Å². The summed E-state index contributed by atoms with van der Waals surface area (Å²) in [5.74, 6) is -2.83. The molecule has 172 valence electrons. The monoisotopic (exact) mass is 469 g/mol. The summed E-state index contributed by atoms with van der Waals surface area (Å²) in [5.41, 5.74) is -2.34. The second kappa shape index (κ2) is 8.85. The Balaban J connectivity index is 1.92. The molecule has 5 nitrogen and oxygen atoms in total. The van der Waals surface area contributed by atoms with Crippen LogP contribution in [0.3, 0.4) is 0 Å². The molecule has 11 heteroatoms. The van der Waals surface area contributed by atoms with Crippen LogP contribution >= 0.6 is 0 Å². The first-order chi connectivity index (χ1) is 15.3. The molecule has 0 saturated heterocycles. The Morgan fingerprint density at radius 3 is 1.82 bits per heavy atom. The number of halogens is 6. The molecule has 0 aliphatic carbocycles. The number of hydrogen-bond acceptors (Lipinski definition) is 3. The normalized spacial score (nSPS) is 11.7. The van der Waals surface area contributed by atoms with Crippen molar-refractivity contribution in [3.8, 4) is 11.5 Å². The van der Waals surface area contributed by atoms with E-state index in [0.717, 1.165) is 18.2 Å². The lowest BCUT2D eigenvalue weighted by Crippen LogP contribution is -2.14. The van der Waals surface area contributed by atoms with E-state index in [1.54, 1.807) is 0 Å². The van der Waals surface area contributed by atoms with Crippen LogP contribution in [0.15, 0.2) is 66.7 Å². The number of carboxylic acids is 1. The van der Waals surface area contributed by atoms with E-state index in [4.69, 9.17) is 9.84 Å². The molecule has 3 aromatic carbocycles. The van der Waals surface area contributed by atoms with E-state index in [2.05, 4.69) is 5.32 Å². The van der Waals surface area contributed by atoms with Crippen LogP contribution in [0.1, 0.15) is 31.8 Å². The maximum atomic E-state index is 13.1. The van der Waals surface area contributed by atoms with Gasteiger partial charge in [0.2, 0.25) is 0 Å². The van der Waals surface area contributed by atoms with Gasteiger partial charge in [0.25, 0.3) is 5.91 Å². The number of anilines is 1. The molecule has 0 atom stereocenters. The van der Waals surface area contributed by atoms with E-state index >= 15 is 0 Å². The summed E-state index contributed by atoms with van der Waals surface area (Å²) >= 11 is 0. The lowest BCUT2D eigenvalue weighted by Gasteiger charge is -2.15. The molecule has 33 heavy (non-hydrogen) atoms. The molecule has 0 aliphatic rings. The zero-order valence-corrected chi connectivity index (χ0v) is 16.3. The van der Waals surface area contributed by atoms with Gasteiger partial charge >= 0.3 is 18.3 Å². The summed E-state index contributed by atoms with van der Waals surface area (Å²) in [6, 6.07) is 10.3. The van der Waals surface area contributed by atoms with E-state index in [-0.39, 0.29) is 22.6 Å². The first kappa shape index (κ1) is 23.6. The van der Waals surface area contributed by atoms with E-state index in [9.17, 15) is 35.9 Å². The van der Waals surface area contributed by atoms with Crippen molar-refractivity contribution >= 4 is 17.6 Å². The topological polar surface area (TPSA) is 75.6 Å². The molecule has 3 rings (SSSR count). The average Bonchev–Trinajstić information content (AvgIpc) is 2.73. The molecule has 0 aliphatic heterocycles. The van der Waals surface area contributed by atoms with Gasteiger partial charge < -0.3 is 15.2 Å². The predicted octanol–water partition coefficient (Wildman–Crippen LogP) is 6.47. The SMILES string of the molecule is O=C(O)c1ccc(NC(=O)c2ccc(C(F)(F)F)cc2Oc2ccc(C(F)(F)F)cc2)cc1. The van der Waals surface area contributed by atoms with Crippen molar-refractivity contribution < 1.29 is 45.8 Å². The highest BCUT2D eigenvalue weighted by molar-refractivity contribution is 6.06. The van der Waals surface area contributed by atoms with Gasteiger partial charge in [0.15, 0.2) is 0 Å². The van der Waals surface area contributed by atoms with Crippen LogP contribution in [0.2, 0.25) is 0 Å². The Labute approximate surface area is 182 Å². The van der Waals surface area contributed by atoms with Crippen molar-refractivity contribution in [2.75, 3.05) is 5.32 Å². The molecule has 0 aromatic heterocycles. The fourth-order valence-corrected chi connectivity index (χ4v) is 2.70. The van der Waals surface area contributed by atoms with Crippen molar-refractivity contribution in [1.29, 1.82) is 0 Å². The third-order valence-corrected chi connectivity index (χ3v) is 4.35. The van der Waals surface area contributed by atoms with Crippen molar-refractivity contribution in [2.45, 2.75) is 12.4 Å².